The highest BCUT2D eigenvalue weighted by molar-refractivity contribution is 5.56. The average molecular weight is 281 g/mol. The quantitative estimate of drug-likeness (QED) is 0.585. The van der Waals surface area contributed by atoms with Crippen molar-refractivity contribution in [3.8, 4) is 0 Å². The van der Waals surface area contributed by atoms with Crippen molar-refractivity contribution in [1.29, 1.82) is 0 Å². The Morgan fingerprint density at radius 1 is 1.50 bits per heavy atom. The summed E-state index contributed by atoms with van der Waals surface area (Å²) < 4.78 is 5.14. The normalized spacial score (nSPS) is 12.4. The number of nitro benzene ring substituents is 1. The summed E-state index contributed by atoms with van der Waals surface area (Å²) in [4.78, 5) is 12.6. The molecule has 0 fully saturated rings. The van der Waals surface area contributed by atoms with E-state index in [2.05, 4.69) is 17.1 Å². The van der Waals surface area contributed by atoms with Crippen LogP contribution in [0.1, 0.15) is 19.4 Å². The lowest BCUT2D eigenvalue weighted by molar-refractivity contribution is -0.384. The zero-order chi connectivity index (χ0) is 15.1. The maximum absolute atomic E-state index is 10.9. The molecule has 0 radical (unpaired) electrons. The summed E-state index contributed by atoms with van der Waals surface area (Å²) in [5.41, 5.74) is 1.98. The molecule has 0 bridgehead atoms. The van der Waals surface area contributed by atoms with E-state index >= 15 is 0 Å². The predicted octanol–water partition coefficient (Wildman–Crippen LogP) is 2.49. The Hall–Kier alpha value is -1.66. The van der Waals surface area contributed by atoms with Crippen molar-refractivity contribution in [2.45, 2.75) is 26.4 Å². The van der Waals surface area contributed by atoms with Gasteiger partial charge in [-0.1, -0.05) is 0 Å². The molecule has 1 aromatic carbocycles. The summed E-state index contributed by atoms with van der Waals surface area (Å²) in [6.45, 7) is 6.11. The Bertz CT molecular complexity index is 451. The van der Waals surface area contributed by atoms with Crippen LogP contribution in [-0.2, 0) is 11.3 Å². The lowest BCUT2D eigenvalue weighted by atomic mass is 10.1. The van der Waals surface area contributed by atoms with E-state index in [1.165, 1.54) is 6.07 Å². The number of rotatable bonds is 8. The van der Waals surface area contributed by atoms with Gasteiger partial charge in [-0.05, 0) is 32.5 Å². The number of likely N-dealkylation sites (N-methyl/N-ethyl adjacent to an activating group) is 1. The van der Waals surface area contributed by atoms with Crippen molar-refractivity contribution < 1.29 is 9.66 Å². The molecule has 0 aliphatic heterocycles. The van der Waals surface area contributed by atoms with E-state index in [0.29, 0.717) is 13.2 Å². The second-order valence-electron chi connectivity index (χ2n) is 4.85. The number of ether oxygens (including phenoxy) is 1. The Morgan fingerprint density at radius 2 is 2.20 bits per heavy atom. The first-order valence-electron chi connectivity index (χ1n) is 6.70. The number of nitrogens with zero attached hydrogens (tertiary/aromatic N) is 2. The van der Waals surface area contributed by atoms with Crippen molar-refractivity contribution in [3.05, 3.63) is 33.9 Å². The average Bonchev–Trinajstić information content (AvgIpc) is 2.40. The summed E-state index contributed by atoms with van der Waals surface area (Å²) in [6, 6.07) is 5.17. The highest BCUT2D eigenvalue weighted by Crippen LogP contribution is 2.23. The first-order valence-corrected chi connectivity index (χ1v) is 6.70. The number of nitro groups is 1. The summed E-state index contributed by atoms with van der Waals surface area (Å²) in [6.07, 6.45) is 0. The van der Waals surface area contributed by atoms with Crippen molar-refractivity contribution in [3.63, 3.8) is 0 Å². The molecule has 1 rings (SSSR count). The van der Waals surface area contributed by atoms with E-state index in [1.807, 2.05) is 14.0 Å². The van der Waals surface area contributed by atoms with Gasteiger partial charge in [-0.25, -0.2) is 0 Å². The lowest BCUT2D eigenvalue weighted by Crippen LogP contribution is -2.32. The van der Waals surface area contributed by atoms with E-state index in [-0.39, 0.29) is 16.7 Å². The van der Waals surface area contributed by atoms with Crippen LogP contribution in [0.2, 0.25) is 0 Å². The second-order valence-corrected chi connectivity index (χ2v) is 4.85. The van der Waals surface area contributed by atoms with E-state index in [0.717, 1.165) is 17.8 Å². The molecule has 0 aliphatic carbocycles. The SMILES string of the molecule is CCNc1ccc([N+](=O)[O-])cc1CN(C)C(C)COC. The van der Waals surface area contributed by atoms with Gasteiger partial charge in [0, 0.05) is 44.1 Å². The number of non-ortho nitro benzene ring substituents is 1. The first-order chi connectivity index (χ1) is 9.49. The third-order valence-corrected chi connectivity index (χ3v) is 3.25. The van der Waals surface area contributed by atoms with Crippen LogP contribution < -0.4 is 5.32 Å². The number of anilines is 1. The molecule has 0 aromatic heterocycles. The summed E-state index contributed by atoms with van der Waals surface area (Å²) >= 11 is 0. The van der Waals surface area contributed by atoms with Crippen molar-refractivity contribution >= 4 is 11.4 Å². The van der Waals surface area contributed by atoms with E-state index < -0.39 is 0 Å². The molecule has 1 N–H and O–H groups in total. The fourth-order valence-electron chi connectivity index (χ4n) is 1.98. The van der Waals surface area contributed by atoms with Crippen molar-refractivity contribution in [2.75, 3.05) is 32.6 Å². The topological polar surface area (TPSA) is 67.6 Å². The van der Waals surface area contributed by atoms with Crippen LogP contribution >= 0.6 is 0 Å². The molecule has 6 heteroatoms. The molecule has 0 spiro atoms. The van der Waals surface area contributed by atoms with Gasteiger partial charge in [0.15, 0.2) is 0 Å². The Labute approximate surface area is 119 Å². The van der Waals surface area contributed by atoms with E-state index in [4.69, 9.17) is 4.74 Å². The lowest BCUT2D eigenvalue weighted by Gasteiger charge is -2.25. The van der Waals surface area contributed by atoms with Gasteiger partial charge in [-0.2, -0.15) is 0 Å². The largest absolute Gasteiger partial charge is 0.385 e. The molecule has 1 unspecified atom stereocenters. The fourth-order valence-corrected chi connectivity index (χ4v) is 1.98. The minimum atomic E-state index is -0.363. The van der Waals surface area contributed by atoms with Gasteiger partial charge in [0.25, 0.3) is 5.69 Å². The van der Waals surface area contributed by atoms with Crippen molar-refractivity contribution in [2.24, 2.45) is 0 Å². The Balaban J connectivity index is 2.94. The summed E-state index contributed by atoms with van der Waals surface area (Å²) in [7, 11) is 3.65. The van der Waals surface area contributed by atoms with Crippen LogP contribution in [-0.4, -0.2) is 43.2 Å². The number of nitrogens with one attached hydrogen (secondary N) is 1. The van der Waals surface area contributed by atoms with Crippen LogP contribution in [0, 0.1) is 10.1 Å². The van der Waals surface area contributed by atoms with Gasteiger partial charge in [0.05, 0.1) is 11.5 Å². The molecule has 0 amide bonds. The molecule has 1 atom stereocenters. The van der Waals surface area contributed by atoms with Gasteiger partial charge < -0.3 is 10.1 Å². The third-order valence-electron chi connectivity index (χ3n) is 3.25. The standard InChI is InChI=1S/C14H23N3O3/c1-5-15-14-7-6-13(17(18)19)8-12(14)9-16(3)11(2)10-20-4/h6-8,11,15H,5,9-10H2,1-4H3. The highest BCUT2D eigenvalue weighted by atomic mass is 16.6. The van der Waals surface area contributed by atoms with Gasteiger partial charge in [0.1, 0.15) is 0 Å². The molecule has 0 saturated heterocycles. The Morgan fingerprint density at radius 3 is 2.75 bits per heavy atom. The monoisotopic (exact) mass is 281 g/mol. The molecule has 6 nitrogen and oxygen atoms in total. The highest BCUT2D eigenvalue weighted by Gasteiger charge is 2.15. The zero-order valence-corrected chi connectivity index (χ0v) is 12.5. The van der Waals surface area contributed by atoms with Gasteiger partial charge in [-0.3, -0.25) is 15.0 Å². The maximum Gasteiger partial charge on any atom is 0.269 e. The number of benzene rings is 1. The Kier molecular flexibility index (Phi) is 6.41. The smallest absolute Gasteiger partial charge is 0.269 e. The van der Waals surface area contributed by atoms with Gasteiger partial charge in [0.2, 0.25) is 0 Å². The number of methoxy groups -OCH3 is 1. The van der Waals surface area contributed by atoms with Crippen molar-refractivity contribution in [1.82, 2.24) is 4.90 Å². The van der Waals surface area contributed by atoms with Gasteiger partial charge >= 0.3 is 0 Å². The second kappa shape index (κ2) is 7.81. The van der Waals surface area contributed by atoms with Crippen LogP contribution in [0.25, 0.3) is 0 Å². The molecule has 112 valence electrons. The molecule has 1 aromatic rings. The van der Waals surface area contributed by atoms with Crippen LogP contribution in [0.5, 0.6) is 0 Å². The maximum atomic E-state index is 10.9. The molecule has 20 heavy (non-hydrogen) atoms. The fraction of sp³-hybridized carbons (Fsp3) is 0.571. The molecule has 0 aliphatic rings. The minimum absolute atomic E-state index is 0.120. The van der Waals surface area contributed by atoms with Crippen LogP contribution in [0.4, 0.5) is 11.4 Å². The zero-order valence-electron chi connectivity index (χ0n) is 12.5. The molecular weight excluding hydrogens is 258 g/mol. The van der Waals surface area contributed by atoms with E-state index in [1.54, 1.807) is 19.2 Å². The number of hydrogen-bond donors (Lipinski definition) is 1. The van der Waals surface area contributed by atoms with Crippen LogP contribution in [0.15, 0.2) is 18.2 Å². The van der Waals surface area contributed by atoms with Crippen LogP contribution in [0.3, 0.4) is 0 Å². The summed E-state index contributed by atoms with van der Waals surface area (Å²) in [5, 5.41) is 14.1. The number of hydrogen-bond acceptors (Lipinski definition) is 5. The molecule has 0 saturated carbocycles. The minimum Gasteiger partial charge on any atom is -0.385 e. The first kappa shape index (κ1) is 16.4. The predicted molar refractivity (Wildman–Crippen MR) is 80.1 cm³/mol. The molecule has 0 heterocycles. The third kappa shape index (κ3) is 4.47. The van der Waals surface area contributed by atoms with Gasteiger partial charge in [-0.15, -0.1) is 0 Å². The summed E-state index contributed by atoms with van der Waals surface area (Å²) in [5.74, 6) is 0. The van der Waals surface area contributed by atoms with E-state index in [9.17, 15) is 10.1 Å². The molecular formula is C14H23N3O3.